The highest BCUT2D eigenvalue weighted by Gasteiger charge is 2.58. The largest absolute Gasteiger partial charge is 0.338 e. The standard InChI is InChI=1S/C32H35FN6O2/c1-6-7-24-27-25(16-20(4)34-24)35-39(22-14-18(2)28(33)19(3)15-22)29(27)38-13-12-37(31(38)41)21-8-9-26-23(17-21)32(10-11-32)30(40)36(26)5/h8-9,12-15,17,20,24,34H,6-7,10-11,16H2,1-5H3/t20-,24+/m1/s1. The van der Waals surface area contributed by atoms with Crippen LogP contribution in [0.2, 0.25) is 0 Å². The minimum atomic E-state index is -0.433. The van der Waals surface area contributed by atoms with E-state index in [1.54, 1.807) is 52.4 Å². The van der Waals surface area contributed by atoms with Crippen molar-refractivity contribution in [3.8, 4) is 17.2 Å². The van der Waals surface area contributed by atoms with Gasteiger partial charge in [-0.3, -0.25) is 13.9 Å². The van der Waals surface area contributed by atoms with Crippen LogP contribution < -0.4 is 15.9 Å². The van der Waals surface area contributed by atoms with Crippen LogP contribution in [0.4, 0.5) is 10.1 Å². The summed E-state index contributed by atoms with van der Waals surface area (Å²) in [6.07, 6.45) is 7.87. The fourth-order valence-corrected chi connectivity index (χ4v) is 6.96. The zero-order valence-electron chi connectivity index (χ0n) is 24.2. The van der Waals surface area contributed by atoms with Crippen molar-refractivity contribution in [2.45, 2.75) is 77.3 Å². The van der Waals surface area contributed by atoms with Gasteiger partial charge in [-0.25, -0.2) is 13.9 Å². The van der Waals surface area contributed by atoms with Crippen molar-refractivity contribution in [3.63, 3.8) is 0 Å². The van der Waals surface area contributed by atoms with Crippen LogP contribution in [0, 0.1) is 19.7 Å². The molecule has 2 aromatic carbocycles. The molecule has 0 unspecified atom stereocenters. The molecular formula is C32H35FN6O2. The highest BCUT2D eigenvalue weighted by Crippen LogP contribution is 2.57. The molecule has 2 aromatic heterocycles. The molecule has 41 heavy (non-hydrogen) atoms. The SMILES string of the molecule is CCC[C@@H]1N[C@H](C)Cc2nn(-c3cc(C)c(F)c(C)c3)c(-n3ccn(-c4ccc5c(c4)C4(CC4)C(=O)N5C)c3=O)c21. The minimum absolute atomic E-state index is 0.0386. The molecule has 1 fully saturated rings. The Morgan fingerprint density at radius 1 is 1.05 bits per heavy atom. The maximum absolute atomic E-state index is 14.6. The lowest BCUT2D eigenvalue weighted by molar-refractivity contribution is -0.119. The fraction of sp³-hybridized carbons (Fsp3) is 0.406. The van der Waals surface area contributed by atoms with Gasteiger partial charge < -0.3 is 10.2 Å². The first-order valence-electron chi connectivity index (χ1n) is 14.5. The summed E-state index contributed by atoms with van der Waals surface area (Å²) in [5, 5.41) is 8.77. The van der Waals surface area contributed by atoms with Gasteiger partial charge in [0.25, 0.3) is 0 Å². The van der Waals surface area contributed by atoms with Crippen molar-refractivity contribution in [2.24, 2.45) is 0 Å². The Morgan fingerprint density at radius 2 is 1.76 bits per heavy atom. The zero-order chi connectivity index (χ0) is 28.8. The number of rotatable bonds is 5. The first-order valence-corrected chi connectivity index (χ1v) is 14.5. The summed E-state index contributed by atoms with van der Waals surface area (Å²) >= 11 is 0. The van der Waals surface area contributed by atoms with E-state index in [4.69, 9.17) is 5.10 Å². The van der Waals surface area contributed by atoms with Gasteiger partial charge in [0.2, 0.25) is 5.91 Å². The molecule has 0 bridgehead atoms. The van der Waals surface area contributed by atoms with Crippen molar-refractivity contribution in [2.75, 3.05) is 11.9 Å². The number of carbonyl (C=O) groups excluding carboxylic acids is 1. The van der Waals surface area contributed by atoms with Crippen molar-refractivity contribution in [3.05, 3.63) is 87.0 Å². The van der Waals surface area contributed by atoms with Gasteiger partial charge in [0, 0.05) is 49.2 Å². The summed E-state index contributed by atoms with van der Waals surface area (Å²) in [4.78, 5) is 28.8. The van der Waals surface area contributed by atoms with Gasteiger partial charge in [0.15, 0.2) is 0 Å². The average Bonchev–Trinajstić information content (AvgIpc) is 3.48. The molecule has 4 heterocycles. The van der Waals surface area contributed by atoms with Gasteiger partial charge in [-0.05, 0) is 87.1 Å². The topological polar surface area (TPSA) is 77.1 Å². The van der Waals surface area contributed by atoms with Gasteiger partial charge in [-0.15, -0.1) is 0 Å². The van der Waals surface area contributed by atoms with Gasteiger partial charge in [-0.1, -0.05) is 13.3 Å². The molecule has 9 heteroatoms. The van der Waals surface area contributed by atoms with Crippen LogP contribution in [-0.4, -0.2) is 37.9 Å². The Hall–Kier alpha value is -3.98. The first kappa shape index (κ1) is 26.0. The molecule has 0 saturated heterocycles. The van der Waals surface area contributed by atoms with Crippen LogP contribution >= 0.6 is 0 Å². The third-order valence-corrected chi connectivity index (χ3v) is 9.15. The summed E-state index contributed by atoms with van der Waals surface area (Å²) in [6, 6.07) is 9.71. The van der Waals surface area contributed by atoms with E-state index in [9.17, 15) is 14.0 Å². The van der Waals surface area contributed by atoms with E-state index in [0.717, 1.165) is 66.0 Å². The number of nitrogens with one attached hydrogen (secondary N) is 1. The molecule has 1 spiro atoms. The highest BCUT2D eigenvalue weighted by molar-refractivity contribution is 6.10. The molecule has 1 saturated carbocycles. The molecule has 2 aliphatic heterocycles. The molecule has 1 amide bonds. The fourth-order valence-electron chi connectivity index (χ4n) is 6.96. The van der Waals surface area contributed by atoms with Crippen LogP contribution in [0.1, 0.15) is 73.5 Å². The number of fused-ring (bicyclic) bond motifs is 3. The van der Waals surface area contributed by atoms with Crippen molar-refractivity contribution in [1.82, 2.24) is 24.2 Å². The number of amides is 1. The number of aryl methyl sites for hydroxylation is 2. The second-order valence-corrected chi connectivity index (χ2v) is 12.1. The minimum Gasteiger partial charge on any atom is -0.314 e. The average molecular weight is 555 g/mol. The summed E-state index contributed by atoms with van der Waals surface area (Å²) in [7, 11) is 1.82. The number of benzene rings is 2. The smallest absolute Gasteiger partial charge is 0.314 e. The third kappa shape index (κ3) is 3.71. The predicted octanol–water partition coefficient (Wildman–Crippen LogP) is 4.95. The van der Waals surface area contributed by atoms with E-state index in [-0.39, 0.29) is 29.5 Å². The number of likely N-dealkylation sites (N-methyl/N-ethyl adjacent to an activating group) is 1. The van der Waals surface area contributed by atoms with Crippen LogP contribution in [0.15, 0.2) is 47.5 Å². The number of anilines is 1. The van der Waals surface area contributed by atoms with E-state index in [1.165, 1.54) is 0 Å². The Bertz CT molecular complexity index is 1770. The lowest BCUT2D eigenvalue weighted by atomic mass is 9.93. The second kappa shape index (κ2) is 9.01. The second-order valence-electron chi connectivity index (χ2n) is 12.1. The number of imidazole rings is 1. The number of halogens is 1. The molecule has 212 valence electrons. The quantitative estimate of drug-likeness (QED) is 0.379. The van der Waals surface area contributed by atoms with E-state index < -0.39 is 5.41 Å². The normalized spacial score (nSPS) is 20.5. The molecule has 1 aliphatic carbocycles. The van der Waals surface area contributed by atoms with E-state index in [2.05, 4.69) is 19.2 Å². The number of aromatic nitrogens is 4. The Balaban J connectivity index is 1.42. The van der Waals surface area contributed by atoms with Crippen LogP contribution in [0.25, 0.3) is 17.2 Å². The summed E-state index contributed by atoms with van der Waals surface area (Å²) in [6.45, 7) is 7.82. The van der Waals surface area contributed by atoms with Gasteiger partial charge in [-0.2, -0.15) is 5.10 Å². The summed E-state index contributed by atoms with van der Waals surface area (Å²) < 4.78 is 19.7. The van der Waals surface area contributed by atoms with Crippen molar-refractivity contribution < 1.29 is 9.18 Å². The molecule has 8 nitrogen and oxygen atoms in total. The number of nitrogens with zero attached hydrogens (tertiary/aromatic N) is 5. The van der Waals surface area contributed by atoms with E-state index >= 15 is 0 Å². The zero-order valence-corrected chi connectivity index (χ0v) is 24.2. The highest BCUT2D eigenvalue weighted by atomic mass is 19.1. The Morgan fingerprint density at radius 3 is 2.44 bits per heavy atom. The van der Waals surface area contributed by atoms with Crippen LogP contribution in [0.5, 0.6) is 0 Å². The molecular weight excluding hydrogens is 519 g/mol. The summed E-state index contributed by atoms with van der Waals surface area (Å²) in [5.41, 5.74) is 5.76. The van der Waals surface area contributed by atoms with Crippen molar-refractivity contribution >= 4 is 11.6 Å². The van der Waals surface area contributed by atoms with E-state index in [1.807, 2.05) is 29.9 Å². The van der Waals surface area contributed by atoms with Crippen LogP contribution in [0.3, 0.4) is 0 Å². The molecule has 7 rings (SSSR count). The van der Waals surface area contributed by atoms with E-state index in [0.29, 0.717) is 16.9 Å². The lowest BCUT2D eigenvalue weighted by Crippen LogP contribution is -2.38. The monoisotopic (exact) mass is 554 g/mol. The maximum atomic E-state index is 14.6. The predicted molar refractivity (Wildman–Crippen MR) is 156 cm³/mol. The number of hydrogen-bond acceptors (Lipinski definition) is 4. The molecule has 1 N–H and O–H groups in total. The Kier molecular flexibility index (Phi) is 5.70. The molecule has 4 aromatic rings. The molecule has 2 atom stereocenters. The maximum Gasteiger partial charge on any atom is 0.338 e. The number of hydrogen-bond donors (Lipinski definition) is 1. The van der Waals surface area contributed by atoms with Crippen LogP contribution in [-0.2, 0) is 16.6 Å². The Labute approximate surface area is 238 Å². The van der Waals surface area contributed by atoms with Gasteiger partial charge >= 0.3 is 5.69 Å². The summed E-state index contributed by atoms with van der Waals surface area (Å²) in [5.74, 6) is 0.587. The lowest BCUT2D eigenvalue weighted by Gasteiger charge is -2.29. The first-order chi connectivity index (χ1) is 19.6. The number of carbonyl (C=O) groups is 1. The molecule has 0 radical (unpaired) electrons. The van der Waals surface area contributed by atoms with Gasteiger partial charge in [0.1, 0.15) is 11.6 Å². The van der Waals surface area contributed by atoms with Crippen molar-refractivity contribution in [1.29, 1.82) is 0 Å². The molecule has 3 aliphatic rings. The van der Waals surface area contributed by atoms with Gasteiger partial charge in [0.05, 0.1) is 22.5 Å². The third-order valence-electron chi connectivity index (χ3n) is 9.15.